The number of ether oxygens (including phenoxy) is 1. The second kappa shape index (κ2) is 5.93. The largest absolute Gasteiger partial charge is 0.495 e. The molecule has 2 rings (SSSR count). The number of pyridine rings is 1. The van der Waals surface area contributed by atoms with Crippen molar-refractivity contribution in [2.75, 3.05) is 11.8 Å². The van der Waals surface area contributed by atoms with Gasteiger partial charge in [-0.2, -0.15) is 0 Å². The van der Waals surface area contributed by atoms with E-state index in [1.54, 1.807) is 0 Å². The second-order valence-electron chi connectivity index (χ2n) is 4.05. The van der Waals surface area contributed by atoms with E-state index >= 15 is 0 Å². The number of benzene rings is 1. The first kappa shape index (κ1) is 15.6. The highest BCUT2D eigenvalue weighted by Crippen LogP contribution is 2.30. The summed E-state index contributed by atoms with van der Waals surface area (Å²) in [7, 11) is -3.01. The number of nitrogens with zero attached hydrogens (tertiary/aromatic N) is 2. The van der Waals surface area contributed by atoms with Crippen molar-refractivity contribution >= 4 is 21.4 Å². The predicted molar refractivity (Wildman–Crippen MR) is 74.7 cm³/mol. The molecule has 2 aromatic rings. The van der Waals surface area contributed by atoms with Gasteiger partial charge >= 0.3 is 0 Å². The van der Waals surface area contributed by atoms with Crippen molar-refractivity contribution in [3.05, 3.63) is 52.6 Å². The van der Waals surface area contributed by atoms with Crippen LogP contribution >= 0.6 is 0 Å². The standard InChI is InChI=1S/C12H10FN3O5S/c1-21-11-6-8(16(17)18)2-3-12(11)22(19,20)15-10-4-5-14-7-9(10)13/h2-7H,1H3,(H,14,15). The molecule has 0 bridgehead atoms. The zero-order valence-electron chi connectivity index (χ0n) is 11.2. The minimum absolute atomic E-state index is 0.226. The van der Waals surface area contributed by atoms with Crippen molar-refractivity contribution in [3.8, 4) is 5.75 Å². The highest BCUT2D eigenvalue weighted by atomic mass is 32.2. The third-order valence-corrected chi connectivity index (χ3v) is 4.07. The Morgan fingerprint density at radius 1 is 1.36 bits per heavy atom. The van der Waals surface area contributed by atoms with Crippen molar-refractivity contribution < 1.29 is 22.5 Å². The average Bonchev–Trinajstić information content (AvgIpc) is 2.48. The molecule has 0 aliphatic carbocycles. The number of nitro groups is 1. The van der Waals surface area contributed by atoms with E-state index in [2.05, 4.69) is 4.98 Å². The molecule has 0 aliphatic rings. The van der Waals surface area contributed by atoms with Crippen molar-refractivity contribution in [3.63, 3.8) is 0 Å². The number of nitrogens with one attached hydrogen (secondary N) is 1. The van der Waals surface area contributed by atoms with Gasteiger partial charge in [0, 0.05) is 12.3 Å². The second-order valence-corrected chi connectivity index (χ2v) is 5.70. The summed E-state index contributed by atoms with van der Waals surface area (Å²) in [5.74, 6) is -1.08. The maximum Gasteiger partial charge on any atom is 0.273 e. The lowest BCUT2D eigenvalue weighted by Gasteiger charge is -2.11. The molecule has 22 heavy (non-hydrogen) atoms. The van der Waals surface area contributed by atoms with Gasteiger partial charge in [-0.3, -0.25) is 19.8 Å². The Labute approximate surface area is 124 Å². The van der Waals surface area contributed by atoms with Crippen LogP contribution in [0, 0.1) is 15.9 Å². The van der Waals surface area contributed by atoms with E-state index in [4.69, 9.17) is 4.74 Å². The van der Waals surface area contributed by atoms with Gasteiger partial charge in [0.05, 0.1) is 30.0 Å². The maximum absolute atomic E-state index is 13.5. The Kier molecular flexibility index (Phi) is 4.22. The zero-order valence-corrected chi connectivity index (χ0v) is 12.0. The van der Waals surface area contributed by atoms with Gasteiger partial charge in [-0.05, 0) is 12.1 Å². The lowest BCUT2D eigenvalue weighted by Crippen LogP contribution is -2.15. The molecule has 0 amide bonds. The number of sulfonamides is 1. The number of non-ortho nitro benzene ring substituents is 1. The van der Waals surface area contributed by atoms with Crippen LogP contribution in [0.25, 0.3) is 0 Å². The summed E-state index contributed by atoms with van der Waals surface area (Å²) in [6.07, 6.45) is 2.07. The fraction of sp³-hybridized carbons (Fsp3) is 0.0833. The van der Waals surface area contributed by atoms with E-state index in [1.807, 2.05) is 4.72 Å². The SMILES string of the molecule is COc1cc([N+](=O)[O-])ccc1S(=O)(=O)Nc1ccncc1F. The molecular formula is C12H10FN3O5S. The van der Waals surface area contributed by atoms with Crippen LogP contribution in [0.3, 0.4) is 0 Å². The lowest BCUT2D eigenvalue weighted by atomic mass is 10.3. The number of methoxy groups -OCH3 is 1. The van der Waals surface area contributed by atoms with Crippen LogP contribution in [0.2, 0.25) is 0 Å². The Hall–Kier alpha value is -2.75. The highest BCUT2D eigenvalue weighted by molar-refractivity contribution is 7.92. The van der Waals surface area contributed by atoms with Crippen LogP contribution in [-0.2, 0) is 10.0 Å². The number of rotatable bonds is 5. The van der Waals surface area contributed by atoms with Crippen LogP contribution in [0.5, 0.6) is 5.75 Å². The Balaban J connectivity index is 2.45. The van der Waals surface area contributed by atoms with Crippen molar-refractivity contribution in [1.82, 2.24) is 4.98 Å². The monoisotopic (exact) mass is 327 g/mol. The molecule has 116 valence electrons. The summed E-state index contributed by atoms with van der Waals surface area (Å²) in [5.41, 5.74) is -0.624. The molecule has 0 fully saturated rings. The quantitative estimate of drug-likeness (QED) is 0.663. The molecule has 1 aromatic heterocycles. The summed E-state index contributed by atoms with van der Waals surface area (Å²) in [5, 5.41) is 10.7. The van der Waals surface area contributed by atoms with Gasteiger partial charge < -0.3 is 4.74 Å². The fourth-order valence-corrected chi connectivity index (χ4v) is 2.87. The summed E-state index contributed by atoms with van der Waals surface area (Å²) in [6.45, 7) is 0. The smallest absolute Gasteiger partial charge is 0.273 e. The van der Waals surface area contributed by atoms with Gasteiger partial charge in [0.15, 0.2) is 5.82 Å². The Morgan fingerprint density at radius 3 is 2.68 bits per heavy atom. The first-order valence-corrected chi connectivity index (χ1v) is 7.28. The van der Waals surface area contributed by atoms with E-state index < -0.39 is 20.8 Å². The number of anilines is 1. The normalized spacial score (nSPS) is 11.0. The zero-order chi connectivity index (χ0) is 16.3. The summed E-state index contributed by atoms with van der Waals surface area (Å²) in [6, 6.07) is 4.14. The molecule has 8 nitrogen and oxygen atoms in total. The number of hydrogen-bond acceptors (Lipinski definition) is 6. The van der Waals surface area contributed by atoms with Crippen LogP contribution < -0.4 is 9.46 Å². The first-order valence-electron chi connectivity index (χ1n) is 5.80. The molecule has 0 saturated heterocycles. The number of halogens is 1. The minimum atomic E-state index is -4.19. The molecule has 0 atom stereocenters. The summed E-state index contributed by atoms with van der Waals surface area (Å²) < 4.78 is 44.9. The van der Waals surface area contributed by atoms with Crippen LogP contribution in [-0.4, -0.2) is 25.4 Å². The van der Waals surface area contributed by atoms with Gasteiger partial charge in [0.25, 0.3) is 15.7 Å². The molecule has 0 radical (unpaired) electrons. The maximum atomic E-state index is 13.5. The van der Waals surface area contributed by atoms with Crippen molar-refractivity contribution in [2.45, 2.75) is 4.90 Å². The van der Waals surface area contributed by atoms with E-state index in [0.29, 0.717) is 0 Å². The van der Waals surface area contributed by atoms with Gasteiger partial charge in [-0.25, -0.2) is 12.8 Å². The molecular weight excluding hydrogens is 317 g/mol. The van der Waals surface area contributed by atoms with E-state index in [-0.39, 0.29) is 22.0 Å². The molecule has 0 spiro atoms. The molecule has 0 unspecified atom stereocenters. The topological polar surface area (TPSA) is 111 Å². The Morgan fingerprint density at radius 2 is 2.09 bits per heavy atom. The van der Waals surface area contributed by atoms with Crippen molar-refractivity contribution in [2.24, 2.45) is 0 Å². The van der Waals surface area contributed by atoms with Gasteiger partial charge in [-0.1, -0.05) is 0 Å². The minimum Gasteiger partial charge on any atom is -0.495 e. The predicted octanol–water partition coefficient (Wildman–Crippen LogP) is 1.94. The Bertz CT molecular complexity index is 825. The van der Waals surface area contributed by atoms with Crippen LogP contribution in [0.4, 0.5) is 15.8 Å². The molecule has 0 saturated carbocycles. The number of hydrogen-bond donors (Lipinski definition) is 1. The molecule has 10 heteroatoms. The van der Waals surface area contributed by atoms with E-state index in [9.17, 15) is 22.9 Å². The summed E-state index contributed by atoms with van der Waals surface area (Å²) >= 11 is 0. The van der Waals surface area contributed by atoms with Gasteiger partial charge in [-0.15, -0.1) is 0 Å². The van der Waals surface area contributed by atoms with Crippen molar-refractivity contribution in [1.29, 1.82) is 0 Å². The van der Waals surface area contributed by atoms with Crippen LogP contribution in [0.1, 0.15) is 0 Å². The lowest BCUT2D eigenvalue weighted by molar-refractivity contribution is -0.385. The molecule has 1 heterocycles. The molecule has 0 aliphatic heterocycles. The van der Waals surface area contributed by atoms with Crippen LogP contribution in [0.15, 0.2) is 41.6 Å². The van der Waals surface area contributed by atoms with Gasteiger partial charge in [0.2, 0.25) is 0 Å². The third-order valence-electron chi connectivity index (χ3n) is 2.66. The van der Waals surface area contributed by atoms with Gasteiger partial charge in [0.1, 0.15) is 10.6 Å². The number of aromatic nitrogens is 1. The molecule has 1 N–H and O–H groups in total. The van der Waals surface area contributed by atoms with E-state index in [1.165, 1.54) is 13.3 Å². The fourth-order valence-electron chi connectivity index (χ4n) is 1.65. The first-order chi connectivity index (χ1) is 10.3. The average molecular weight is 327 g/mol. The summed E-state index contributed by atoms with van der Waals surface area (Å²) in [4.78, 5) is 13.2. The highest BCUT2D eigenvalue weighted by Gasteiger charge is 2.23. The number of nitro benzene ring substituents is 1. The molecule has 1 aromatic carbocycles. The van der Waals surface area contributed by atoms with E-state index in [0.717, 1.165) is 30.5 Å². The third kappa shape index (κ3) is 3.11.